The summed E-state index contributed by atoms with van der Waals surface area (Å²) in [5.41, 5.74) is 9.17. The molecule has 0 bridgehead atoms. The molecule has 0 unspecified atom stereocenters. The van der Waals surface area contributed by atoms with Gasteiger partial charge in [-0.1, -0.05) is 0 Å². The van der Waals surface area contributed by atoms with Gasteiger partial charge in [-0.25, -0.2) is 17.9 Å². The van der Waals surface area contributed by atoms with Gasteiger partial charge in [-0.15, -0.1) is 0 Å². The predicted octanol–water partition coefficient (Wildman–Crippen LogP) is -2.10. The molecule has 0 aromatic heterocycles. The molecule has 0 aliphatic heterocycles. The number of primary amides is 1. The van der Waals surface area contributed by atoms with Crippen molar-refractivity contribution in [3.05, 3.63) is 0 Å². The largest absolute Gasteiger partial charge is 0.351 e. The maximum Gasteiger partial charge on any atom is 0.325 e. The van der Waals surface area contributed by atoms with Crippen LogP contribution in [0.15, 0.2) is 0 Å². The van der Waals surface area contributed by atoms with Crippen LogP contribution in [-0.4, -0.2) is 20.3 Å². The number of nitrogens with one attached hydrogen (secondary N) is 1. The summed E-state index contributed by atoms with van der Waals surface area (Å²) in [7, 11) is -3.67. The van der Waals surface area contributed by atoms with Crippen LogP contribution in [0.1, 0.15) is 0 Å². The fourth-order valence-electron chi connectivity index (χ4n) is 0.195. The molecule has 7 heteroatoms. The van der Waals surface area contributed by atoms with Crippen LogP contribution < -0.4 is 16.2 Å². The van der Waals surface area contributed by atoms with Crippen LogP contribution >= 0.6 is 0 Å². The Kier molecular flexibility index (Phi) is 2.41. The number of carbonyl (C=O) groups excluding carboxylic acids is 1. The lowest BCUT2D eigenvalue weighted by Gasteiger charge is -1.97. The van der Waals surface area contributed by atoms with Crippen molar-refractivity contribution in [2.45, 2.75) is 0 Å². The number of carbonyl (C=O) groups is 1. The maximum atomic E-state index is 10.3. The van der Waals surface area contributed by atoms with Gasteiger partial charge in [-0.2, -0.15) is 0 Å². The summed E-state index contributed by atoms with van der Waals surface area (Å²) in [6.45, 7) is 0. The summed E-state index contributed by atoms with van der Waals surface area (Å²) in [6, 6.07) is -1.12. The number of rotatable bonds is 2. The van der Waals surface area contributed by atoms with Crippen LogP contribution in [-0.2, 0) is 10.0 Å². The molecule has 54 valence electrons. The van der Waals surface area contributed by atoms with Crippen molar-refractivity contribution >= 4 is 16.1 Å². The highest BCUT2D eigenvalue weighted by molar-refractivity contribution is 7.89. The third-order valence-electron chi connectivity index (χ3n) is 0.476. The molecular formula is C2H7N3O3S. The minimum Gasteiger partial charge on any atom is -0.351 e. The van der Waals surface area contributed by atoms with E-state index in [1.54, 1.807) is 0 Å². The monoisotopic (exact) mass is 153 g/mol. The molecular weight excluding hydrogens is 146 g/mol. The molecule has 0 fully saturated rings. The second-order valence-corrected chi connectivity index (χ2v) is 3.01. The first-order valence-electron chi connectivity index (χ1n) is 1.98. The SMILES string of the molecule is NCS(=O)(=O)NC(N)=O. The molecule has 2 amide bonds. The van der Waals surface area contributed by atoms with Crippen LogP contribution in [0.3, 0.4) is 0 Å². The van der Waals surface area contributed by atoms with E-state index in [-0.39, 0.29) is 0 Å². The molecule has 0 saturated heterocycles. The smallest absolute Gasteiger partial charge is 0.325 e. The fraction of sp³-hybridized carbons (Fsp3) is 0.500. The topological polar surface area (TPSA) is 115 Å². The van der Waals surface area contributed by atoms with Gasteiger partial charge in [0, 0.05) is 0 Å². The molecule has 5 N–H and O–H groups in total. The Hall–Kier alpha value is -0.820. The van der Waals surface area contributed by atoms with Crippen LogP contribution in [0.2, 0.25) is 0 Å². The third kappa shape index (κ3) is 3.74. The molecule has 9 heavy (non-hydrogen) atoms. The van der Waals surface area contributed by atoms with Gasteiger partial charge in [0.25, 0.3) is 0 Å². The van der Waals surface area contributed by atoms with Gasteiger partial charge in [-0.05, 0) is 0 Å². The number of hydrogen-bond acceptors (Lipinski definition) is 4. The van der Waals surface area contributed by atoms with E-state index in [2.05, 4.69) is 5.73 Å². The molecule has 0 aliphatic rings. The van der Waals surface area contributed by atoms with Crippen molar-refractivity contribution in [2.75, 3.05) is 5.88 Å². The molecule has 0 rings (SSSR count). The van der Waals surface area contributed by atoms with E-state index in [1.165, 1.54) is 4.72 Å². The van der Waals surface area contributed by atoms with Crippen LogP contribution in [0.5, 0.6) is 0 Å². The van der Waals surface area contributed by atoms with Crippen molar-refractivity contribution in [1.82, 2.24) is 4.72 Å². The zero-order valence-electron chi connectivity index (χ0n) is 4.49. The molecule has 0 aliphatic carbocycles. The van der Waals surface area contributed by atoms with Crippen LogP contribution in [0.25, 0.3) is 0 Å². The average molecular weight is 153 g/mol. The molecule has 0 heterocycles. The normalized spacial score (nSPS) is 10.8. The third-order valence-corrected chi connectivity index (χ3v) is 1.43. The summed E-state index contributed by atoms with van der Waals surface area (Å²) in [4.78, 5) is 9.85. The van der Waals surface area contributed by atoms with E-state index < -0.39 is 21.9 Å². The number of urea groups is 1. The Balaban J connectivity index is 4.06. The molecule has 0 spiro atoms. The highest BCUT2D eigenvalue weighted by Crippen LogP contribution is 1.73. The van der Waals surface area contributed by atoms with Gasteiger partial charge in [-0.3, -0.25) is 0 Å². The van der Waals surface area contributed by atoms with Crippen LogP contribution in [0.4, 0.5) is 4.79 Å². The van der Waals surface area contributed by atoms with E-state index in [0.29, 0.717) is 0 Å². The van der Waals surface area contributed by atoms with Gasteiger partial charge in [0.2, 0.25) is 10.0 Å². The van der Waals surface area contributed by atoms with Gasteiger partial charge in [0.15, 0.2) is 0 Å². The summed E-state index contributed by atoms with van der Waals surface area (Å²) in [6.07, 6.45) is 0. The zero-order chi connectivity index (χ0) is 7.49. The number of hydrogen-bond donors (Lipinski definition) is 3. The fourth-order valence-corrected chi connectivity index (χ4v) is 0.585. The van der Waals surface area contributed by atoms with Crippen molar-refractivity contribution < 1.29 is 13.2 Å². The maximum absolute atomic E-state index is 10.3. The first-order chi connectivity index (χ1) is 3.98. The molecule has 0 saturated carbocycles. The lowest BCUT2D eigenvalue weighted by molar-refractivity contribution is 0.253. The number of sulfonamides is 1. The lowest BCUT2D eigenvalue weighted by Crippen LogP contribution is -2.38. The summed E-state index contributed by atoms with van der Waals surface area (Å²) >= 11 is 0. The van der Waals surface area contributed by atoms with Gasteiger partial charge < -0.3 is 11.5 Å². The van der Waals surface area contributed by atoms with Gasteiger partial charge in [0.1, 0.15) is 5.88 Å². The quantitative estimate of drug-likeness (QED) is 0.421. The Morgan fingerprint density at radius 1 is 1.56 bits per heavy atom. The van der Waals surface area contributed by atoms with Crippen molar-refractivity contribution in [1.29, 1.82) is 0 Å². The zero-order valence-corrected chi connectivity index (χ0v) is 5.31. The second-order valence-electron chi connectivity index (χ2n) is 1.25. The molecule has 0 radical (unpaired) electrons. The molecule has 6 nitrogen and oxygen atoms in total. The van der Waals surface area contributed by atoms with E-state index in [1.807, 2.05) is 0 Å². The minimum absolute atomic E-state index is 0.643. The lowest BCUT2D eigenvalue weighted by atomic mass is 11.2. The summed E-state index contributed by atoms with van der Waals surface area (Å²) in [5, 5.41) is 0. The van der Waals surface area contributed by atoms with Crippen LogP contribution in [0, 0.1) is 0 Å². The molecule has 0 atom stereocenters. The molecule has 0 aromatic carbocycles. The number of nitrogens with two attached hydrogens (primary N) is 2. The van der Waals surface area contributed by atoms with E-state index >= 15 is 0 Å². The van der Waals surface area contributed by atoms with Crippen molar-refractivity contribution in [3.63, 3.8) is 0 Å². The van der Waals surface area contributed by atoms with Gasteiger partial charge >= 0.3 is 6.03 Å². The standard InChI is InChI=1S/C2H7N3O3S/c3-1-9(7,8)5-2(4)6/h1,3H2,(H3,4,5,6). The first kappa shape index (κ1) is 8.18. The summed E-state index contributed by atoms with van der Waals surface area (Å²) in [5.74, 6) is -0.643. The predicted molar refractivity (Wildman–Crippen MR) is 30.7 cm³/mol. The second kappa shape index (κ2) is 2.65. The Morgan fingerprint density at radius 2 is 2.00 bits per heavy atom. The first-order valence-corrected chi connectivity index (χ1v) is 3.63. The molecule has 0 aromatic rings. The minimum atomic E-state index is -3.67. The highest BCUT2D eigenvalue weighted by atomic mass is 32.2. The summed E-state index contributed by atoms with van der Waals surface area (Å²) < 4.78 is 22.0. The number of amides is 2. The average Bonchev–Trinajstić information content (AvgIpc) is 1.63. The van der Waals surface area contributed by atoms with E-state index in [0.717, 1.165) is 0 Å². The Bertz CT molecular complexity index is 195. The Morgan fingerprint density at radius 3 is 2.11 bits per heavy atom. The highest BCUT2D eigenvalue weighted by Gasteiger charge is 2.07. The van der Waals surface area contributed by atoms with Crippen molar-refractivity contribution in [2.24, 2.45) is 11.5 Å². The van der Waals surface area contributed by atoms with E-state index in [4.69, 9.17) is 5.73 Å². The van der Waals surface area contributed by atoms with Crippen molar-refractivity contribution in [3.8, 4) is 0 Å². The van der Waals surface area contributed by atoms with E-state index in [9.17, 15) is 13.2 Å². The Labute approximate surface area is 52.3 Å². The van der Waals surface area contributed by atoms with Gasteiger partial charge in [0.05, 0.1) is 0 Å².